The first-order valence-electron chi connectivity index (χ1n) is 9.35. The van der Waals surface area contributed by atoms with Crippen molar-refractivity contribution in [2.45, 2.75) is 32.9 Å². The lowest BCUT2D eigenvalue weighted by Crippen LogP contribution is -2.31. The third-order valence-electron chi connectivity index (χ3n) is 4.84. The Balaban J connectivity index is 1.61. The molecule has 6 heteroatoms. The van der Waals surface area contributed by atoms with Crippen LogP contribution in [0.2, 0.25) is 0 Å². The predicted octanol–water partition coefficient (Wildman–Crippen LogP) is 4.74. The van der Waals surface area contributed by atoms with Gasteiger partial charge < -0.3 is 9.88 Å². The molecule has 1 N–H and O–H groups in total. The number of amides is 1. The zero-order valence-electron chi connectivity index (χ0n) is 15.9. The van der Waals surface area contributed by atoms with E-state index in [1.165, 1.54) is 16.9 Å². The van der Waals surface area contributed by atoms with Crippen molar-refractivity contribution < 1.29 is 4.79 Å². The summed E-state index contributed by atoms with van der Waals surface area (Å²) in [7, 11) is 0. The van der Waals surface area contributed by atoms with Gasteiger partial charge in [0.15, 0.2) is 5.82 Å². The molecule has 0 aliphatic heterocycles. The summed E-state index contributed by atoms with van der Waals surface area (Å²) >= 11 is 1.52. The lowest BCUT2D eigenvalue weighted by Gasteiger charge is -2.18. The number of aromatic nitrogens is 3. The highest BCUT2D eigenvalue weighted by molar-refractivity contribution is 7.07. The van der Waals surface area contributed by atoms with E-state index in [-0.39, 0.29) is 18.5 Å². The molecule has 1 amide bonds. The summed E-state index contributed by atoms with van der Waals surface area (Å²) in [6.07, 6.45) is 0.832. The van der Waals surface area contributed by atoms with Crippen LogP contribution >= 0.6 is 11.3 Å². The van der Waals surface area contributed by atoms with Crippen molar-refractivity contribution in [2.75, 3.05) is 0 Å². The molecule has 0 aliphatic carbocycles. The summed E-state index contributed by atoms with van der Waals surface area (Å²) in [5, 5.41) is 5.13. The average Bonchev–Trinajstić information content (AvgIpc) is 3.35. The first kappa shape index (κ1) is 18.4. The maximum absolute atomic E-state index is 12.9. The molecular formula is C22H22N4OS. The maximum atomic E-state index is 12.9. The second-order valence-electron chi connectivity index (χ2n) is 6.82. The van der Waals surface area contributed by atoms with E-state index in [2.05, 4.69) is 48.4 Å². The summed E-state index contributed by atoms with van der Waals surface area (Å²) in [5.74, 6) is 0.688. The monoisotopic (exact) mass is 390 g/mol. The number of imidazole rings is 1. The van der Waals surface area contributed by atoms with Crippen LogP contribution in [-0.2, 0) is 11.3 Å². The lowest BCUT2D eigenvalue weighted by molar-refractivity contribution is -0.122. The van der Waals surface area contributed by atoms with Crippen LogP contribution in [0.3, 0.4) is 0 Å². The van der Waals surface area contributed by atoms with Gasteiger partial charge in [0.2, 0.25) is 5.91 Å². The number of nitrogens with one attached hydrogen (secondary N) is 1. The number of aryl methyl sites for hydroxylation is 1. The van der Waals surface area contributed by atoms with Crippen LogP contribution in [0, 0.1) is 6.92 Å². The minimum absolute atomic E-state index is 0.00870. The van der Waals surface area contributed by atoms with Crippen molar-refractivity contribution in [1.82, 2.24) is 19.9 Å². The Morgan fingerprint density at radius 2 is 1.96 bits per heavy atom. The van der Waals surface area contributed by atoms with Gasteiger partial charge in [0, 0.05) is 5.38 Å². The highest BCUT2D eigenvalue weighted by Crippen LogP contribution is 2.25. The van der Waals surface area contributed by atoms with Gasteiger partial charge in [0.05, 0.1) is 22.6 Å². The van der Waals surface area contributed by atoms with E-state index in [1.807, 2.05) is 34.2 Å². The van der Waals surface area contributed by atoms with E-state index >= 15 is 0 Å². The Morgan fingerprint density at radius 3 is 2.68 bits per heavy atom. The maximum Gasteiger partial charge on any atom is 0.240 e. The molecule has 4 aromatic rings. The van der Waals surface area contributed by atoms with Crippen LogP contribution in [-0.4, -0.2) is 20.4 Å². The number of thiazole rings is 1. The van der Waals surface area contributed by atoms with Crippen LogP contribution in [0.4, 0.5) is 0 Å². The number of carbonyl (C=O) groups is 1. The van der Waals surface area contributed by atoms with Crippen molar-refractivity contribution in [3.8, 4) is 11.5 Å². The van der Waals surface area contributed by atoms with E-state index in [0.29, 0.717) is 0 Å². The van der Waals surface area contributed by atoms with Crippen LogP contribution in [0.5, 0.6) is 0 Å². The Kier molecular flexibility index (Phi) is 5.21. The number of hydrogen-bond acceptors (Lipinski definition) is 4. The highest BCUT2D eigenvalue weighted by Gasteiger charge is 2.18. The molecular weight excluding hydrogens is 368 g/mol. The number of carbonyl (C=O) groups excluding carboxylic acids is 1. The number of hydrogen-bond donors (Lipinski definition) is 1. The number of para-hydroxylation sites is 2. The second-order valence-corrected chi connectivity index (χ2v) is 7.54. The van der Waals surface area contributed by atoms with Gasteiger partial charge in [0.25, 0.3) is 0 Å². The summed E-state index contributed by atoms with van der Waals surface area (Å²) < 4.78 is 1.95. The number of benzene rings is 2. The fourth-order valence-corrected chi connectivity index (χ4v) is 3.89. The van der Waals surface area contributed by atoms with Gasteiger partial charge in [-0.25, -0.2) is 9.97 Å². The molecule has 0 fully saturated rings. The van der Waals surface area contributed by atoms with E-state index in [0.717, 1.165) is 34.5 Å². The van der Waals surface area contributed by atoms with Gasteiger partial charge in [-0.3, -0.25) is 4.79 Å². The number of fused-ring (bicyclic) bond motifs is 1. The Bertz CT molecular complexity index is 1080. The van der Waals surface area contributed by atoms with Crippen molar-refractivity contribution in [2.24, 2.45) is 0 Å². The smallest absolute Gasteiger partial charge is 0.240 e. The van der Waals surface area contributed by atoms with Gasteiger partial charge in [-0.15, -0.1) is 11.3 Å². The quantitative estimate of drug-likeness (QED) is 0.517. The standard InChI is InChI=1S/C22H22N4OS/c1-3-17(16-10-8-15(2)9-11-16)24-21(27)12-26-20-7-5-4-6-18(20)25-22(26)19-13-28-14-23-19/h4-11,13-14,17H,3,12H2,1-2H3,(H,24,27)/t17-/m1/s1. The van der Waals surface area contributed by atoms with Gasteiger partial charge >= 0.3 is 0 Å². The Hall–Kier alpha value is -2.99. The SMILES string of the molecule is CC[C@@H](NC(=O)Cn1c(-c2cscn2)nc2ccccc21)c1ccc(C)cc1. The molecule has 0 aliphatic rings. The minimum Gasteiger partial charge on any atom is -0.348 e. The van der Waals surface area contributed by atoms with Crippen molar-refractivity contribution in [1.29, 1.82) is 0 Å². The molecule has 2 aromatic heterocycles. The summed E-state index contributed by atoms with van der Waals surface area (Å²) in [5.41, 5.74) is 6.70. The zero-order chi connectivity index (χ0) is 19.5. The van der Waals surface area contributed by atoms with Crippen LogP contribution in [0.1, 0.15) is 30.5 Å². The van der Waals surface area contributed by atoms with Crippen molar-refractivity contribution >= 4 is 28.3 Å². The molecule has 2 heterocycles. The van der Waals surface area contributed by atoms with Gasteiger partial charge in [-0.1, -0.05) is 48.9 Å². The van der Waals surface area contributed by atoms with E-state index in [1.54, 1.807) is 5.51 Å². The molecule has 28 heavy (non-hydrogen) atoms. The average molecular weight is 391 g/mol. The molecule has 0 saturated carbocycles. The molecule has 5 nitrogen and oxygen atoms in total. The third kappa shape index (κ3) is 3.68. The molecule has 0 saturated heterocycles. The normalized spacial score (nSPS) is 12.2. The largest absolute Gasteiger partial charge is 0.348 e. The topological polar surface area (TPSA) is 59.8 Å². The third-order valence-corrected chi connectivity index (χ3v) is 5.43. The van der Waals surface area contributed by atoms with Crippen LogP contribution < -0.4 is 5.32 Å². The fraction of sp³-hybridized carbons (Fsp3) is 0.227. The summed E-state index contributed by atoms with van der Waals surface area (Å²) in [4.78, 5) is 22.0. The van der Waals surface area contributed by atoms with E-state index in [9.17, 15) is 4.79 Å². The molecule has 0 unspecified atom stereocenters. The van der Waals surface area contributed by atoms with Gasteiger partial charge in [0.1, 0.15) is 12.2 Å². The molecule has 142 valence electrons. The van der Waals surface area contributed by atoms with Crippen LogP contribution in [0.25, 0.3) is 22.6 Å². The summed E-state index contributed by atoms with van der Waals surface area (Å²) in [6.45, 7) is 4.35. The van der Waals surface area contributed by atoms with Crippen LogP contribution in [0.15, 0.2) is 59.4 Å². The minimum atomic E-state index is -0.0351. The first-order valence-corrected chi connectivity index (χ1v) is 10.3. The fourth-order valence-electron chi connectivity index (χ4n) is 3.36. The molecule has 0 spiro atoms. The van der Waals surface area contributed by atoms with E-state index < -0.39 is 0 Å². The predicted molar refractivity (Wildman–Crippen MR) is 113 cm³/mol. The first-order chi connectivity index (χ1) is 13.7. The van der Waals surface area contributed by atoms with Crippen molar-refractivity contribution in [3.05, 3.63) is 70.5 Å². The molecule has 0 bridgehead atoms. The molecule has 0 radical (unpaired) electrons. The molecule has 1 atom stereocenters. The second kappa shape index (κ2) is 7.94. The van der Waals surface area contributed by atoms with E-state index in [4.69, 9.17) is 4.98 Å². The summed E-state index contributed by atoms with van der Waals surface area (Å²) in [6, 6.07) is 16.2. The highest BCUT2D eigenvalue weighted by atomic mass is 32.1. The Labute approximate surface area is 168 Å². The zero-order valence-corrected chi connectivity index (χ0v) is 16.7. The lowest BCUT2D eigenvalue weighted by atomic mass is 10.0. The number of rotatable bonds is 6. The number of nitrogens with zero attached hydrogens (tertiary/aromatic N) is 3. The van der Waals surface area contributed by atoms with Crippen molar-refractivity contribution in [3.63, 3.8) is 0 Å². The molecule has 2 aromatic carbocycles. The van der Waals surface area contributed by atoms with Gasteiger partial charge in [-0.05, 0) is 31.0 Å². The Morgan fingerprint density at radius 1 is 1.18 bits per heavy atom. The van der Waals surface area contributed by atoms with Gasteiger partial charge in [-0.2, -0.15) is 0 Å². The molecule has 4 rings (SSSR count).